The number of hydrogen-bond acceptors (Lipinski definition) is 5. The highest BCUT2D eigenvalue weighted by molar-refractivity contribution is 7.89. The molecule has 0 aliphatic carbocycles. The van der Waals surface area contributed by atoms with Crippen LogP contribution in [0.1, 0.15) is 11.1 Å². The maximum absolute atomic E-state index is 13.1. The molecule has 2 aromatic carbocycles. The van der Waals surface area contributed by atoms with Crippen LogP contribution in [0.2, 0.25) is 0 Å². The van der Waals surface area contributed by atoms with Crippen LogP contribution in [0, 0.1) is 0 Å². The molecule has 1 aliphatic rings. The van der Waals surface area contributed by atoms with Gasteiger partial charge >= 0.3 is 5.97 Å². The second kappa shape index (κ2) is 6.60. The van der Waals surface area contributed by atoms with Gasteiger partial charge in [-0.2, -0.15) is 19.3 Å². The number of carboxylic acid groups (broad SMARTS) is 1. The first-order valence-electron chi connectivity index (χ1n) is 8.25. The van der Waals surface area contributed by atoms with E-state index in [0.717, 1.165) is 15.4 Å². The standard InChI is InChI=1S/C18H16N4O4S/c23-18(24)17-11-13-3-1-2-4-14(13)12-21(17)27(25,26)16-7-5-15(6-8-16)22-19-9-10-20-22/h1-10,17H,11-12H2,(H,23,24)/t17-/m1/s1. The Labute approximate surface area is 155 Å². The first-order chi connectivity index (χ1) is 13.0. The fraction of sp³-hybridized carbons (Fsp3) is 0.167. The van der Waals surface area contributed by atoms with Gasteiger partial charge in [0.15, 0.2) is 0 Å². The van der Waals surface area contributed by atoms with Crippen LogP contribution in [0.5, 0.6) is 0 Å². The van der Waals surface area contributed by atoms with Crippen LogP contribution in [-0.4, -0.2) is 44.8 Å². The van der Waals surface area contributed by atoms with Gasteiger partial charge in [-0.15, -0.1) is 0 Å². The third-order valence-corrected chi connectivity index (χ3v) is 6.45. The van der Waals surface area contributed by atoms with Crippen molar-refractivity contribution in [2.45, 2.75) is 23.9 Å². The number of carbonyl (C=O) groups is 1. The summed E-state index contributed by atoms with van der Waals surface area (Å²) in [7, 11) is -3.98. The van der Waals surface area contributed by atoms with E-state index in [9.17, 15) is 18.3 Å². The fourth-order valence-electron chi connectivity index (χ4n) is 3.20. The second-order valence-electron chi connectivity index (χ2n) is 6.19. The molecule has 0 bridgehead atoms. The van der Waals surface area contributed by atoms with Gasteiger partial charge in [0.2, 0.25) is 10.0 Å². The van der Waals surface area contributed by atoms with E-state index in [0.29, 0.717) is 5.69 Å². The SMILES string of the molecule is O=C(O)[C@H]1Cc2ccccc2CN1S(=O)(=O)c1ccc(-n2nccn2)cc1. The van der Waals surface area contributed by atoms with E-state index in [1.165, 1.54) is 29.3 Å². The van der Waals surface area contributed by atoms with E-state index < -0.39 is 22.0 Å². The summed E-state index contributed by atoms with van der Waals surface area (Å²) >= 11 is 0. The van der Waals surface area contributed by atoms with Crippen molar-refractivity contribution in [2.75, 3.05) is 0 Å². The number of nitrogens with zero attached hydrogens (tertiary/aromatic N) is 4. The minimum absolute atomic E-state index is 0.0257. The van der Waals surface area contributed by atoms with Crippen molar-refractivity contribution in [3.05, 3.63) is 72.1 Å². The van der Waals surface area contributed by atoms with Crippen LogP contribution in [-0.2, 0) is 27.8 Å². The molecular formula is C18H16N4O4S. The Kier molecular flexibility index (Phi) is 4.25. The molecule has 3 aromatic rings. The molecule has 0 radical (unpaired) electrons. The molecule has 27 heavy (non-hydrogen) atoms. The van der Waals surface area contributed by atoms with Crippen molar-refractivity contribution >= 4 is 16.0 Å². The van der Waals surface area contributed by atoms with E-state index in [2.05, 4.69) is 10.2 Å². The van der Waals surface area contributed by atoms with E-state index in [4.69, 9.17) is 0 Å². The number of hydrogen-bond donors (Lipinski definition) is 1. The monoisotopic (exact) mass is 384 g/mol. The van der Waals surface area contributed by atoms with Crippen LogP contribution in [0.4, 0.5) is 0 Å². The molecule has 1 aliphatic heterocycles. The van der Waals surface area contributed by atoms with Gasteiger partial charge in [0.25, 0.3) is 0 Å². The summed E-state index contributed by atoms with van der Waals surface area (Å²) in [5.41, 5.74) is 2.28. The highest BCUT2D eigenvalue weighted by Gasteiger charge is 2.39. The molecule has 1 aromatic heterocycles. The molecule has 0 saturated carbocycles. The molecule has 0 amide bonds. The molecule has 138 valence electrons. The molecule has 2 heterocycles. The molecule has 0 unspecified atom stereocenters. The molecule has 4 rings (SSSR count). The van der Waals surface area contributed by atoms with Crippen LogP contribution in [0.3, 0.4) is 0 Å². The van der Waals surface area contributed by atoms with Gasteiger partial charge < -0.3 is 5.11 Å². The lowest BCUT2D eigenvalue weighted by Crippen LogP contribution is -2.48. The average Bonchev–Trinajstić information content (AvgIpc) is 3.22. The summed E-state index contributed by atoms with van der Waals surface area (Å²) in [6.07, 6.45) is 3.18. The Morgan fingerprint density at radius 1 is 1.00 bits per heavy atom. The third kappa shape index (κ3) is 3.11. The maximum Gasteiger partial charge on any atom is 0.322 e. The zero-order valence-electron chi connectivity index (χ0n) is 14.1. The Hall–Kier alpha value is -3.04. The maximum atomic E-state index is 13.1. The Balaban J connectivity index is 1.70. The number of fused-ring (bicyclic) bond motifs is 1. The topological polar surface area (TPSA) is 105 Å². The predicted octanol–water partition coefficient (Wildman–Crippen LogP) is 1.47. The fourth-order valence-corrected chi connectivity index (χ4v) is 4.76. The normalized spacial score (nSPS) is 17.4. The number of aromatic nitrogens is 3. The summed E-state index contributed by atoms with van der Waals surface area (Å²) in [5, 5.41) is 17.6. The number of sulfonamides is 1. The van der Waals surface area contributed by atoms with E-state index in [1.54, 1.807) is 12.1 Å². The third-order valence-electron chi connectivity index (χ3n) is 4.58. The molecular weight excluding hydrogens is 368 g/mol. The first kappa shape index (κ1) is 17.4. The summed E-state index contributed by atoms with van der Waals surface area (Å²) in [5.74, 6) is -1.16. The van der Waals surface area contributed by atoms with Crippen molar-refractivity contribution in [3.8, 4) is 5.69 Å². The Morgan fingerprint density at radius 2 is 1.63 bits per heavy atom. The van der Waals surface area contributed by atoms with E-state index >= 15 is 0 Å². The predicted molar refractivity (Wildman–Crippen MR) is 95.7 cm³/mol. The van der Waals surface area contributed by atoms with Crippen LogP contribution in [0.15, 0.2) is 65.8 Å². The minimum atomic E-state index is -3.98. The second-order valence-corrected chi connectivity index (χ2v) is 8.08. The summed E-state index contributed by atoms with van der Waals surface area (Å²) in [4.78, 5) is 13.1. The Bertz CT molecular complexity index is 1080. The zero-order valence-corrected chi connectivity index (χ0v) is 15.0. The molecule has 8 nitrogen and oxygen atoms in total. The minimum Gasteiger partial charge on any atom is -0.480 e. The van der Waals surface area contributed by atoms with Crippen molar-refractivity contribution in [2.24, 2.45) is 0 Å². The van der Waals surface area contributed by atoms with Gasteiger partial charge in [-0.1, -0.05) is 24.3 Å². The lowest BCUT2D eigenvalue weighted by molar-refractivity contribution is -0.141. The zero-order chi connectivity index (χ0) is 19.0. The van der Waals surface area contributed by atoms with E-state index in [1.807, 2.05) is 24.3 Å². The smallest absolute Gasteiger partial charge is 0.322 e. The highest BCUT2D eigenvalue weighted by Crippen LogP contribution is 2.29. The quantitative estimate of drug-likeness (QED) is 0.730. The molecule has 9 heteroatoms. The van der Waals surface area contributed by atoms with Gasteiger partial charge in [-0.25, -0.2) is 8.42 Å². The molecule has 0 spiro atoms. The summed E-state index contributed by atoms with van der Waals surface area (Å²) < 4.78 is 27.3. The largest absolute Gasteiger partial charge is 0.480 e. The van der Waals surface area contributed by atoms with Gasteiger partial charge in [0.1, 0.15) is 6.04 Å². The van der Waals surface area contributed by atoms with E-state index in [-0.39, 0.29) is 17.9 Å². The lowest BCUT2D eigenvalue weighted by Gasteiger charge is -2.33. The molecule has 0 saturated heterocycles. The Morgan fingerprint density at radius 3 is 2.26 bits per heavy atom. The number of benzene rings is 2. The molecule has 1 N–H and O–H groups in total. The van der Waals surface area contributed by atoms with Crippen LogP contribution >= 0.6 is 0 Å². The number of aliphatic carboxylic acids is 1. The van der Waals surface area contributed by atoms with Gasteiger partial charge in [0.05, 0.1) is 23.0 Å². The van der Waals surface area contributed by atoms with Crippen molar-refractivity contribution in [1.29, 1.82) is 0 Å². The van der Waals surface area contributed by atoms with Crippen molar-refractivity contribution < 1.29 is 18.3 Å². The molecule has 0 fully saturated rings. The van der Waals surface area contributed by atoms with Gasteiger partial charge in [-0.05, 0) is 35.4 Å². The van der Waals surface area contributed by atoms with Gasteiger partial charge in [0, 0.05) is 13.0 Å². The number of rotatable bonds is 4. The van der Waals surface area contributed by atoms with Crippen LogP contribution < -0.4 is 0 Å². The van der Waals surface area contributed by atoms with Crippen LogP contribution in [0.25, 0.3) is 5.69 Å². The first-order valence-corrected chi connectivity index (χ1v) is 9.69. The average molecular weight is 384 g/mol. The number of carboxylic acids is 1. The summed E-state index contributed by atoms with van der Waals surface area (Å²) in [6, 6.07) is 12.2. The summed E-state index contributed by atoms with van der Waals surface area (Å²) in [6.45, 7) is 0.0257. The molecule has 1 atom stereocenters. The van der Waals surface area contributed by atoms with Gasteiger partial charge in [-0.3, -0.25) is 4.79 Å². The highest BCUT2D eigenvalue weighted by atomic mass is 32.2. The van der Waals surface area contributed by atoms with Crippen molar-refractivity contribution in [3.63, 3.8) is 0 Å². The lowest BCUT2D eigenvalue weighted by atomic mass is 9.96. The van der Waals surface area contributed by atoms with Crippen molar-refractivity contribution in [1.82, 2.24) is 19.3 Å².